The maximum atomic E-state index is 12.3. The van der Waals surface area contributed by atoms with Crippen LogP contribution in [-0.4, -0.2) is 56.5 Å². The highest BCUT2D eigenvalue weighted by atomic mass is 35.5. The van der Waals surface area contributed by atoms with Crippen molar-refractivity contribution in [3.05, 3.63) is 52.0 Å². The first kappa shape index (κ1) is 24.2. The normalized spacial score (nSPS) is 12.8. The zero-order chi connectivity index (χ0) is 22.3. The van der Waals surface area contributed by atoms with Gasteiger partial charge in [-0.1, -0.05) is 37.0 Å². The highest BCUT2D eigenvalue weighted by Crippen LogP contribution is 2.21. The van der Waals surface area contributed by atoms with Crippen LogP contribution in [-0.2, 0) is 27.3 Å². The maximum Gasteiger partial charge on any atom is 0.350 e. The molecular weight excluding hydrogens is 449 g/mol. The second kappa shape index (κ2) is 11.4. The molecular formula is C20H23Cl2N3O4S. The van der Waals surface area contributed by atoms with Gasteiger partial charge in [0.1, 0.15) is 5.71 Å². The van der Waals surface area contributed by atoms with E-state index in [9.17, 15) is 14.7 Å². The van der Waals surface area contributed by atoms with Crippen LogP contribution in [0.25, 0.3) is 0 Å². The molecule has 0 fully saturated rings. The molecule has 0 saturated heterocycles. The summed E-state index contributed by atoms with van der Waals surface area (Å²) in [6.07, 6.45) is 3.37. The van der Waals surface area contributed by atoms with Gasteiger partial charge in [-0.05, 0) is 29.0 Å². The monoisotopic (exact) mass is 471 g/mol. The number of carbonyl (C=O) groups is 2. The maximum absolute atomic E-state index is 12.3. The number of aromatic nitrogens is 2. The number of benzene rings is 1. The number of methoxy groups -OCH3 is 1. The predicted molar refractivity (Wildman–Crippen MR) is 120 cm³/mol. The molecule has 7 nitrogen and oxygen atoms in total. The topological polar surface area (TPSA) is 93.8 Å². The lowest BCUT2D eigenvalue weighted by molar-refractivity contribution is -0.142. The van der Waals surface area contributed by atoms with Gasteiger partial charge in [0.15, 0.2) is 6.04 Å². The Morgan fingerprint density at radius 1 is 1.27 bits per heavy atom. The average Bonchev–Trinajstić information content (AvgIpc) is 3.08. The SMILES string of the molecule is COC(=O)[C@H](Cc1cncn1Cc1cc(Cl)cc(Cl)c1)N=C(CSC(C)C)C(=O)O. The van der Waals surface area contributed by atoms with Gasteiger partial charge < -0.3 is 14.4 Å². The summed E-state index contributed by atoms with van der Waals surface area (Å²) in [6.45, 7) is 4.35. The summed E-state index contributed by atoms with van der Waals surface area (Å²) >= 11 is 13.6. The molecule has 0 spiro atoms. The minimum atomic E-state index is -1.15. The minimum Gasteiger partial charge on any atom is -0.477 e. The van der Waals surface area contributed by atoms with Crippen LogP contribution in [0.4, 0.5) is 0 Å². The summed E-state index contributed by atoms with van der Waals surface area (Å²) in [5.41, 5.74) is 1.49. The Morgan fingerprint density at radius 2 is 1.93 bits per heavy atom. The number of hydrogen-bond donors (Lipinski definition) is 1. The number of aliphatic imine (C=N–C) groups is 1. The van der Waals surface area contributed by atoms with Crippen LogP contribution >= 0.6 is 35.0 Å². The van der Waals surface area contributed by atoms with Crippen LogP contribution in [0.3, 0.4) is 0 Å². The van der Waals surface area contributed by atoms with Crippen molar-refractivity contribution in [2.75, 3.05) is 12.9 Å². The number of hydrogen-bond acceptors (Lipinski definition) is 6. The number of rotatable bonds is 10. The highest BCUT2D eigenvalue weighted by Gasteiger charge is 2.24. The van der Waals surface area contributed by atoms with E-state index in [1.54, 1.807) is 30.7 Å². The van der Waals surface area contributed by atoms with Gasteiger partial charge in [0.2, 0.25) is 0 Å². The largest absolute Gasteiger partial charge is 0.477 e. The van der Waals surface area contributed by atoms with Crippen molar-refractivity contribution in [3.8, 4) is 0 Å². The van der Waals surface area contributed by atoms with Crippen LogP contribution in [0.1, 0.15) is 25.1 Å². The van der Waals surface area contributed by atoms with Gasteiger partial charge >= 0.3 is 11.9 Å². The smallest absolute Gasteiger partial charge is 0.350 e. The van der Waals surface area contributed by atoms with Gasteiger partial charge in [0.05, 0.1) is 13.4 Å². The summed E-state index contributed by atoms with van der Waals surface area (Å²) in [6, 6.07) is 4.23. The van der Waals surface area contributed by atoms with Crippen molar-refractivity contribution in [2.24, 2.45) is 4.99 Å². The van der Waals surface area contributed by atoms with Gasteiger partial charge in [-0.15, -0.1) is 0 Å². The Hall–Kier alpha value is -2.03. The van der Waals surface area contributed by atoms with Gasteiger partial charge in [-0.2, -0.15) is 11.8 Å². The number of imidazole rings is 1. The molecule has 1 aromatic carbocycles. The molecule has 1 aromatic heterocycles. The van der Waals surface area contributed by atoms with Gasteiger partial charge in [-0.25, -0.2) is 14.6 Å². The van der Waals surface area contributed by atoms with Crippen molar-refractivity contribution in [1.82, 2.24) is 9.55 Å². The number of thioether (sulfide) groups is 1. The van der Waals surface area contributed by atoms with Crippen molar-refractivity contribution in [2.45, 2.75) is 38.1 Å². The fourth-order valence-corrected chi connectivity index (χ4v) is 3.92. The van der Waals surface area contributed by atoms with Gasteiger partial charge in [0.25, 0.3) is 0 Å². The van der Waals surface area contributed by atoms with E-state index in [0.29, 0.717) is 22.3 Å². The summed E-state index contributed by atoms with van der Waals surface area (Å²) in [7, 11) is 1.25. The molecule has 1 N–H and O–H groups in total. The molecule has 0 aliphatic heterocycles. The summed E-state index contributed by atoms with van der Waals surface area (Å²) in [5.74, 6) is -1.57. The quantitative estimate of drug-likeness (QED) is 0.415. The van der Waals surface area contributed by atoms with Crippen LogP contribution in [0.15, 0.2) is 35.7 Å². The molecule has 30 heavy (non-hydrogen) atoms. The highest BCUT2D eigenvalue weighted by molar-refractivity contribution is 8.00. The molecule has 1 atom stereocenters. The van der Waals surface area contributed by atoms with E-state index < -0.39 is 18.0 Å². The molecule has 0 amide bonds. The van der Waals surface area contributed by atoms with E-state index in [0.717, 1.165) is 5.56 Å². The molecule has 162 valence electrons. The molecule has 0 radical (unpaired) electrons. The fraction of sp³-hybridized carbons (Fsp3) is 0.400. The van der Waals surface area contributed by atoms with E-state index in [1.807, 2.05) is 18.4 Å². The van der Waals surface area contributed by atoms with Gasteiger partial charge in [-0.3, -0.25) is 4.99 Å². The molecule has 2 rings (SSSR count). The first-order valence-corrected chi connectivity index (χ1v) is 10.9. The summed E-state index contributed by atoms with van der Waals surface area (Å²) < 4.78 is 6.68. The zero-order valence-corrected chi connectivity index (χ0v) is 19.2. The van der Waals surface area contributed by atoms with Crippen molar-refractivity contribution < 1.29 is 19.4 Å². The first-order chi connectivity index (χ1) is 14.2. The summed E-state index contributed by atoms with van der Waals surface area (Å²) in [5, 5.41) is 10.7. The number of nitrogens with zero attached hydrogens (tertiary/aromatic N) is 3. The Labute approximate surface area is 189 Å². The number of esters is 1. The van der Waals surface area contributed by atoms with Crippen molar-refractivity contribution in [1.29, 1.82) is 0 Å². The van der Waals surface area contributed by atoms with E-state index in [1.165, 1.54) is 18.9 Å². The molecule has 2 aromatic rings. The van der Waals surface area contributed by atoms with Crippen LogP contribution in [0, 0.1) is 0 Å². The Bertz CT molecular complexity index is 910. The lowest BCUT2D eigenvalue weighted by Gasteiger charge is -2.14. The molecule has 1 heterocycles. The Balaban J connectivity index is 2.27. The van der Waals surface area contributed by atoms with Crippen LogP contribution < -0.4 is 0 Å². The van der Waals surface area contributed by atoms with Gasteiger partial charge in [0, 0.05) is 40.7 Å². The molecule has 0 aliphatic carbocycles. The van der Waals surface area contributed by atoms with E-state index >= 15 is 0 Å². The lowest BCUT2D eigenvalue weighted by atomic mass is 10.1. The van der Waals surface area contributed by atoms with E-state index in [-0.39, 0.29) is 23.1 Å². The molecule has 0 saturated carbocycles. The zero-order valence-electron chi connectivity index (χ0n) is 16.8. The fourth-order valence-electron chi connectivity index (χ4n) is 2.66. The average molecular weight is 472 g/mol. The third kappa shape index (κ3) is 7.34. The Kier molecular flexibility index (Phi) is 9.20. The van der Waals surface area contributed by atoms with Crippen LogP contribution in [0.2, 0.25) is 10.0 Å². The predicted octanol–water partition coefficient (Wildman–Crippen LogP) is 3.99. The molecule has 10 heteroatoms. The van der Waals surface area contributed by atoms with Crippen molar-refractivity contribution >= 4 is 52.6 Å². The molecule has 0 aliphatic rings. The third-order valence-electron chi connectivity index (χ3n) is 4.06. The minimum absolute atomic E-state index is 0.0724. The number of halogens is 2. The van der Waals surface area contributed by atoms with Crippen LogP contribution in [0.5, 0.6) is 0 Å². The lowest BCUT2D eigenvalue weighted by Crippen LogP contribution is -2.28. The number of aliphatic carboxylic acids is 1. The van der Waals surface area contributed by atoms with E-state index in [4.69, 9.17) is 27.9 Å². The molecule has 0 bridgehead atoms. The number of carbonyl (C=O) groups excluding carboxylic acids is 1. The standard InChI is InChI=1S/C20H23Cl2N3O4S/c1-12(2)30-10-18(19(26)27)24-17(20(28)29-3)7-16-8-23-11-25(16)9-13-4-14(21)6-15(22)5-13/h4-6,8,11-12,17H,7,9-10H2,1-3H3,(H,26,27)/t17-/m0/s1. The second-order valence-corrected chi connectivity index (χ2v) is 9.21. The third-order valence-corrected chi connectivity index (χ3v) is 5.60. The number of carboxylic acids is 1. The number of carboxylic acid groups (broad SMARTS) is 1. The molecule has 0 unspecified atom stereocenters. The van der Waals surface area contributed by atoms with E-state index in [2.05, 4.69) is 9.98 Å². The second-order valence-electron chi connectivity index (χ2n) is 6.77. The number of ether oxygens (including phenoxy) is 1. The summed E-state index contributed by atoms with van der Waals surface area (Å²) in [4.78, 5) is 32.3. The van der Waals surface area contributed by atoms with Crippen molar-refractivity contribution in [3.63, 3.8) is 0 Å². The Morgan fingerprint density at radius 3 is 2.50 bits per heavy atom. The first-order valence-electron chi connectivity index (χ1n) is 9.13.